The van der Waals surface area contributed by atoms with Crippen LogP contribution in [0.4, 0.5) is 5.82 Å². The molecule has 2 aromatic heterocycles. The molecule has 0 unspecified atom stereocenters. The van der Waals surface area contributed by atoms with E-state index in [9.17, 15) is 4.79 Å². The lowest BCUT2D eigenvalue weighted by molar-refractivity contribution is 0.0956. The monoisotopic (exact) mass is 438 g/mol. The Labute approximate surface area is 192 Å². The quantitative estimate of drug-likeness (QED) is 0.338. The molecule has 166 valence electrons. The van der Waals surface area contributed by atoms with Gasteiger partial charge in [-0.25, -0.2) is 9.97 Å². The molecule has 0 aliphatic heterocycles. The van der Waals surface area contributed by atoms with Gasteiger partial charge in [0, 0.05) is 6.54 Å². The fraction of sp³-hybridized carbons (Fsp3) is 0.231. The average molecular weight is 439 g/mol. The summed E-state index contributed by atoms with van der Waals surface area (Å²) in [6.45, 7) is 0.561. The molecule has 2 heterocycles. The number of nitrogens with zero attached hydrogens (tertiary/aromatic N) is 4. The minimum Gasteiger partial charge on any atom is -0.383 e. The van der Waals surface area contributed by atoms with Crippen LogP contribution in [0.15, 0.2) is 71.3 Å². The Morgan fingerprint density at radius 2 is 1.82 bits per heavy atom. The first-order valence-corrected chi connectivity index (χ1v) is 11.3. The third-order valence-electron chi connectivity index (χ3n) is 5.94. The zero-order valence-electron chi connectivity index (χ0n) is 18.4. The second-order valence-electron chi connectivity index (χ2n) is 8.23. The minimum absolute atomic E-state index is 0.224. The fourth-order valence-electron chi connectivity index (χ4n) is 4.21. The lowest BCUT2D eigenvalue weighted by Gasteiger charge is -2.12. The van der Waals surface area contributed by atoms with E-state index in [1.807, 2.05) is 54.6 Å². The fourth-order valence-corrected chi connectivity index (χ4v) is 4.21. The van der Waals surface area contributed by atoms with Crippen molar-refractivity contribution in [2.45, 2.75) is 32.1 Å². The highest BCUT2D eigenvalue weighted by molar-refractivity contribution is 6.10. The van der Waals surface area contributed by atoms with Gasteiger partial charge in [0.1, 0.15) is 16.9 Å². The van der Waals surface area contributed by atoms with Gasteiger partial charge in [-0.15, -0.1) is 0 Å². The van der Waals surface area contributed by atoms with E-state index in [-0.39, 0.29) is 11.7 Å². The van der Waals surface area contributed by atoms with Crippen molar-refractivity contribution in [2.75, 3.05) is 12.3 Å². The van der Waals surface area contributed by atoms with E-state index in [0.717, 1.165) is 30.3 Å². The third kappa shape index (κ3) is 4.35. The number of aromatic nitrogens is 3. The van der Waals surface area contributed by atoms with Crippen LogP contribution in [0, 0.1) is 0 Å². The first-order valence-electron chi connectivity index (χ1n) is 11.3. The number of fused-ring (bicyclic) bond motifs is 2. The highest BCUT2D eigenvalue weighted by Crippen LogP contribution is 2.28. The van der Waals surface area contributed by atoms with Crippen LogP contribution < -0.4 is 11.1 Å². The molecular formula is C26H26N6O. The number of nitrogens with one attached hydrogen (secondary N) is 1. The smallest absolute Gasteiger partial charge is 0.257 e. The summed E-state index contributed by atoms with van der Waals surface area (Å²) >= 11 is 0. The molecular weight excluding hydrogens is 412 g/mol. The lowest BCUT2D eigenvalue weighted by Crippen LogP contribution is -2.25. The van der Waals surface area contributed by atoms with Gasteiger partial charge in [0.25, 0.3) is 5.91 Å². The summed E-state index contributed by atoms with van der Waals surface area (Å²) < 4.78 is 1.50. The molecule has 0 fully saturated rings. The Bertz CT molecular complexity index is 1370. The van der Waals surface area contributed by atoms with E-state index >= 15 is 0 Å². The number of allylic oxidation sites excluding steroid dienone is 1. The number of nitrogens with two attached hydrogens (primary N) is 1. The van der Waals surface area contributed by atoms with Gasteiger partial charge in [0.2, 0.25) is 0 Å². The van der Waals surface area contributed by atoms with Gasteiger partial charge in [0.05, 0.1) is 17.2 Å². The minimum atomic E-state index is -0.257. The van der Waals surface area contributed by atoms with Gasteiger partial charge in [-0.2, -0.15) is 9.78 Å². The van der Waals surface area contributed by atoms with E-state index < -0.39 is 0 Å². The summed E-state index contributed by atoms with van der Waals surface area (Å²) in [4.78, 5) is 22.7. The number of carbonyl (C=O) groups excluding carboxylic acids is 1. The molecule has 1 aliphatic rings. The van der Waals surface area contributed by atoms with Gasteiger partial charge >= 0.3 is 0 Å². The maximum atomic E-state index is 13.2. The number of para-hydroxylation sites is 2. The third-order valence-corrected chi connectivity index (χ3v) is 5.94. The maximum absolute atomic E-state index is 13.2. The molecule has 0 saturated heterocycles. The standard InChI is InChI=1S/C26H26N6O/c27-24-22(26(33)28-16-15-18-9-3-1-4-10-18)23-25(31-21-14-8-7-13-20(21)30-23)32(24)29-17-19-11-5-2-6-12-19/h2,5-9,11-14,17H,1,3-4,10,15-16,27H2,(H,28,33)/b29-17+. The molecule has 1 aliphatic carbocycles. The van der Waals surface area contributed by atoms with E-state index in [2.05, 4.69) is 16.5 Å². The van der Waals surface area contributed by atoms with Crippen molar-refractivity contribution in [1.29, 1.82) is 0 Å². The number of nitrogen functional groups attached to an aromatic ring is 1. The lowest BCUT2D eigenvalue weighted by atomic mass is 9.97. The highest BCUT2D eigenvalue weighted by Gasteiger charge is 2.24. The normalized spacial score (nSPS) is 14.1. The molecule has 1 amide bonds. The van der Waals surface area contributed by atoms with Crippen molar-refractivity contribution in [3.63, 3.8) is 0 Å². The molecule has 3 N–H and O–H groups in total. The number of anilines is 1. The number of carbonyl (C=O) groups is 1. The first-order chi connectivity index (χ1) is 16.2. The van der Waals surface area contributed by atoms with Crippen LogP contribution in [0.1, 0.15) is 48.0 Å². The molecule has 4 aromatic rings. The highest BCUT2D eigenvalue weighted by atomic mass is 16.1. The summed E-state index contributed by atoms with van der Waals surface area (Å²) in [7, 11) is 0. The van der Waals surface area contributed by atoms with Crippen molar-refractivity contribution in [1.82, 2.24) is 20.0 Å². The van der Waals surface area contributed by atoms with Crippen molar-refractivity contribution >= 4 is 40.1 Å². The Balaban J connectivity index is 1.52. The van der Waals surface area contributed by atoms with Gasteiger partial charge in [-0.3, -0.25) is 4.79 Å². The SMILES string of the molecule is Nc1c(C(=O)NCCC2=CCCCC2)c2nc3ccccc3nc2n1/N=C/c1ccccc1. The number of hydrogen-bond acceptors (Lipinski definition) is 5. The van der Waals surface area contributed by atoms with Crippen LogP contribution >= 0.6 is 0 Å². The Morgan fingerprint density at radius 1 is 1.06 bits per heavy atom. The van der Waals surface area contributed by atoms with Crippen molar-refractivity contribution in [3.05, 3.63) is 77.4 Å². The molecule has 0 saturated carbocycles. The van der Waals surface area contributed by atoms with Crippen LogP contribution in [0.3, 0.4) is 0 Å². The van der Waals surface area contributed by atoms with E-state index in [4.69, 9.17) is 15.7 Å². The Morgan fingerprint density at radius 3 is 2.58 bits per heavy atom. The van der Waals surface area contributed by atoms with Crippen LogP contribution in [0.25, 0.3) is 22.2 Å². The van der Waals surface area contributed by atoms with Crippen molar-refractivity contribution < 1.29 is 4.79 Å². The van der Waals surface area contributed by atoms with E-state index in [1.54, 1.807) is 6.21 Å². The zero-order chi connectivity index (χ0) is 22.6. The van der Waals surface area contributed by atoms with Crippen LogP contribution in [0.2, 0.25) is 0 Å². The number of rotatable bonds is 6. The van der Waals surface area contributed by atoms with E-state index in [1.165, 1.54) is 23.1 Å². The van der Waals surface area contributed by atoms with Crippen molar-refractivity contribution in [2.24, 2.45) is 5.10 Å². The summed E-state index contributed by atoms with van der Waals surface area (Å²) in [5, 5.41) is 7.56. The molecule has 5 rings (SSSR count). The summed E-state index contributed by atoms with van der Waals surface area (Å²) in [6.07, 6.45) is 9.57. The van der Waals surface area contributed by atoms with Gasteiger partial charge in [-0.05, 0) is 49.8 Å². The van der Waals surface area contributed by atoms with Crippen LogP contribution in [0.5, 0.6) is 0 Å². The summed E-state index contributed by atoms with van der Waals surface area (Å²) in [6, 6.07) is 17.3. The van der Waals surface area contributed by atoms with Crippen LogP contribution in [-0.4, -0.2) is 33.3 Å². The predicted molar refractivity (Wildman–Crippen MR) is 132 cm³/mol. The number of amides is 1. The second-order valence-corrected chi connectivity index (χ2v) is 8.23. The summed E-state index contributed by atoms with van der Waals surface area (Å²) in [5.74, 6) is -0.0333. The van der Waals surface area contributed by atoms with Gasteiger partial charge in [-0.1, -0.05) is 54.1 Å². The largest absolute Gasteiger partial charge is 0.383 e. The molecule has 0 spiro atoms. The maximum Gasteiger partial charge on any atom is 0.257 e. The molecule has 33 heavy (non-hydrogen) atoms. The average Bonchev–Trinajstić information content (AvgIpc) is 3.12. The van der Waals surface area contributed by atoms with Gasteiger partial charge in [0.15, 0.2) is 5.65 Å². The molecule has 0 radical (unpaired) electrons. The van der Waals surface area contributed by atoms with Crippen molar-refractivity contribution in [3.8, 4) is 0 Å². The number of benzene rings is 2. The molecule has 2 aromatic carbocycles. The topological polar surface area (TPSA) is 98.2 Å². The molecule has 7 heteroatoms. The van der Waals surface area contributed by atoms with Gasteiger partial charge < -0.3 is 11.1 Å². The van der Waals surface area contributed by atoms with E-state index in [0.29, 0.717) is 28.8 Å². The Hall–Kier alpha value is -4.00. The predicted octanol–water partition coefficient (Wildman–Crippen LogP) is 4.67. The van der Waals surface area contributed by atoms with Crippen LogP contribution in [-0.2, 0) is 0 Å². The Kier molecular flexibility index (Phi) is 5.85. The number of hydrogen-bond donors (Lipinski definition) is 2. The second kappa shape index (κ2) is 9.24. The molecule has 0 atom stereocenters. The summed E-state index contributed by atoms with van der Waals surface area (Å²) in [5.41, 5.74) is 11.4. The molecule has 7 nitrogen and oxygen atoms in total. The molecule has 0 bridgehead atoms. The zero-order valence-corrected chi connectivity index (χ0v) is 18.4. The first kappa shape index (κ1) is 20.9.